The van der Waals surface area contributed by atoms with Crippen molar-refractivity contribution in [3.8, 4) is 6.07 Å². The minimum Gasteiger partial charge on any atom is -0.477 e. The second kappa shape index (κ2) is 9.62. The lowest BCUT2D eigenvalue weighted by atomic mass is 9.97. The first-order chi connectivity index (χ1) is 16.2. The van der Waals surface area contributed by atoms with Crippen LogP contribution in [0.4, 0.5) is 0 Å². The minimum absolute atomic E-state index is 0.291. The maximum absolute atomic E-state index is 11.1. The van der Waals surface area contributed by atoms with Gasteiger partial charge in [0.2, 0.25) is 0 Å². The highest BCUT2D eigenvalue weighted by Crippen LogP contribution is 2.41. The van der Waals surface area contributed by atoms with Crippen LogP contribution in [0, 0.1) is 11.3 Å². The lowest BCUT2D eigenvalue weighted by molar-refractivity contribution is -0.132. The molecule has 0 radical (unpaired) electrons. The molecule has 3 aromatic rings. The molecule has 0 atom stereocenters. The number of nitriles is 1. The number of hydrogen-bond donors (Lipinski definition) is 1. The first kappa shape index (κ1) is 22.1. The van der Waals surface area contributed by atoms with E-state index in [2.05, 4.69) is 58.0 Å². The maximum Gasteiger partial charge on any atom is 0.346 e. The largest absolute Gasteiger partial charge is 0.477 e. The van der Waals surface area contributed by atoms with E-state index in [-0.39, 0.29) is 5.57 Å². The van der Waals surface area contributed by atoms with Crippen LogP contribution in [0.1, 0.15) is 5.56 Å². The van der Waals surface area contributed by atoms with E-state index in [1.807, 2.05) is 12.1 Å². The van der Waals surface area contributed by atoms with Crippen LogP contribution < -0.4 is 10.4 Å². The number of nitrogens with zero attached hydrogens (tertiary/aromatic N) is 1. The molecule has 33 heavy (non-hydrogen) atoms. The van der Waals surface area contributed by atoms with Crippen molar-refractivity contribution in [3.63, 3.8) is 0 Å². The molecule has 2 aliphatic heterocycles. The molecule has 0 saturated carbocycles. The van der Waals surface area contributed by atoms with Crippen molar-refractivity contribution in [2.75, 3.05) is 0 Å². The van der Waals surface area contributed by atoms with Gasteiger partial charge in [-0.1, -0.05) is 95.6 Å². The van der Waals surface area contributed by atoms with Crippen LogP contribution in [-0.4, -0.2) is 11.1 Å². The zero-order valence-corrected chi connectivity index (χ0v) is 20.3. The lowest BCUT2D eigenvalue weighted by Crippen LogP contribution is -2.17. The Balaban J connectivity index is 1.84. The molecule has 0 fully saturated rings. The van der Waals surface area contributed by atoms with Crippen molar-refractivity contribution in [3.05, 3.63) is 97.8 Å². The predicted molar refractivity (Wildman–Crippen MR) is 147 cm³/mol. The SMILES string of the molecule is N#C/C(=C\C=C\c1ccc2c(=C3SC=CS3)c3ccccc3c(=C3SC=CS3)c2c1)C(=O)O. The van der Waals surface area contributed by atoms with Crippen LogP contribution >= 0.6 is 47.0 Å². The van der Waals surface area contributed by atoms with E-state index in [1.54, 1.807) is 59.2 Å². The molecule has 0 spiro atoms. The fourth-order valence-corrected chi connectivity index (χ4v) is 7.65. The van der Waals surface area contributed by atoms with Gasteiger partial charge in [0, 0.05) is 10.4 Å². The third kappa shape index (κ3) is 4.28. The summed E-state index contributed by atoms with van der Waals surface area (Å²) in [5, 5.41) is 33.8. The quantitative estimate of drug-likeness (QED) is 0.188. The molecule has 3 aromatic carbocycles. The Bertz CT molecular complexity index is 1590. The summed E-state index contributed by atoms with van der Waals surface area (Å²) >= 11 is 6.98. The number of allylic oxidation sites excluding steroid dienone is 2. The summed E-state index contributed by atoms with van der Waals surface area (Å²) in [6.07, 6.45) is 4.78. The van der Waals surface area contributed by atoms with Gasteiger partial charge in [0.25, 0.3) is 0 Å². The Hall–Kier alpha value is -2.76. The van der Waals surface area contributed by atoms with Gasteiger partial charge in [0.05, 0.1) is 8.47 Å². The van der Waals surface area contributed by atoms with Gasteiger partial charge in [-0.05, 0) is 60.9 Å². The van der Waals surface area contributed by atoms with Crippen molar-refractivity contribution < 1.29 is 9.90 Å². The molecular weight excluding hydrogens is 487 g/mol. The molecule has 3 nitrogen and oxygen atoms in total. The van der Waals surface area contributed by atoms with Crippen molar-refractivity contribution >= 4 is 89.1 Å². The maximum atomic E-state index is 11.1. The molecule has 1 N–H and O–H groups in total. The van der Waals surface area contributed by atoms with Crippen LogP contribution in [0.2, 0.25) is 0 Å². The van der Waals surface area contributed by atoms with E-state index >= 15 is 0 Å². The summed E-state index contributed by atoms with van der Waals surface area (Å²) in [5.41, 5.74) is 0.654. The highest BCUT2D eigenvalue weighted by molar-refractivity contribution is 8.35. The number of rotatable bonds is 3. The van der Waals surface area contributed by atoms with E-state index in [4.69, 9.17) is 10.4 Å². The molecule has 2 aliphatic rings. The summed E-state index contributed by atoms with van der Waals surface area (Å²) in [5.74, 6) is -1.23. The molecule has 2 heterocycles. The molecule has 0 saturated heterocycles. The highest BCUT2D eigenvalue weighted by Gasteiger charge is 2.15. The van der Waals surface area contributed by atoms with Gasteiger partial charge in [-0.3, -0.25) is 0 Å². The molecule has 0 amide bonds. The van der Waals surface area contributed by atoms with Crippen LogP contribution in [-0.2, 0) is 4.79 Å². The lowest BCUT2D eigenvalue weighted by Gasteiger charge is -2.11. The first-order valence-electron chi connectivity index (χ1n) is 9.89. The first-order valence-corrected chi connectivity index (χ1v) is 13.4. The monoisotopic (exact) mass is 501 g/mol. The number of aliphatic carboxylic acids is 1. The number of carboxylic acid groups (broad SMARTS) is 1. The van der Waals surface area contributed by atoms with E-state index in [0.717, 1.165) is 10.9 Å². The number of hydrogen-bond acceptors (Lipinski definition) is 6. The normalized spacial score (nSPS) is 15.9. The van der Waals surface area contributed by atoms with Crippen molar-refractivity contribution in [2.24, 2.45) is 0 Å². The summed E-state index contributed by atoms with van der Waals surface area (Å²) < 4.78 is 2.51. The molecule has 5 rings (SSSR count). The van der Waals surface area contributed by atoms with Gasteiger partial charge < -0.3 is 5.11 Å². The van der Waals surface area contributed by atoms with Gasteiger partial charge in [-0.25, -0.2) is 4.79 Å². The minimum atomic E-state index is -1.23. The standard InChI is InChI=1S/C26H15NO2S4/c27-15-17(24(28)29)5-3-4-16-8-9-20-21(14-16)23(26-32-12-13-33-26)19-7-2-1-6-18(19)22(20)25-30-10-11-31-25/h1-14H,(H,28,29)/b4-3+,17-5+. The average molecular weight is 502 g/mol. The predicted octanol–water partition coefficient (Wildman–Crippen LogP) is 6.57. The van der Waals surface area contributed by atoms with E-state index < -0.39 is 5.97 Å². The third-order valence-electron chi connectivity index (χ3n) is 5.17. The Kier molecular flexibility index (Phi) is 6.43. The van der Waals surface area contributed by atoms with Gasteiger partial charge in [-0.2, -0.15) is 5.26 Å². The Morgan fingerprint density at radius 3 is 1.91 bits per heavy atom. The van der Waals surface area contributed by atoms with Crippen molar-refractivity contribution in [2.45, 2.75) is 0 Å². The van der Waals surface area contributed by atoms with Crippen molar-refractivity contribution in [1.29, 1.82) is 5.26 Å². The number of thioether (sulfide) groups is 4. The second-order valence-electron chi connectivity index (χ2n) is 7.05. The summed E-state index contributed by atoms with van der Waals surface area (Å²) in [6, 6.07) is 16.6. The number of fused-ring (bicyclic) bond motifs is 2. The van der Waals surface area contributed by atoms with Gasteiger partial charge >= 0.3 is 5.97 Å². The van der Waals surface area contributed by atoms with Gasteiger partial charge in [0.1, 0.15) is 11.6 Å². The fourth-order valence-electron chi connectivity index (χ4n) is 3.80. The second-order valence-corrected chi connectivity index (χ2v) is 11.2. The number of carbonyl (C=O) groups is 1. The summed E-state index contributed by atoms with van der Waals surface area (Å²) in [7, 11) is 0. The van der Waals surface area contributed by atoms with Crippen LogP contribution in [0.15, 0.2) is 81.8 Å². The molecule has 0 aromatic heterocycles. The Morgan fingerprint density at radius 1 is 0.818 bits per heavy atom. The van der Waals surface area contributed by atoms with Crippen LogP contribution in [0.25, 0.3) is 36.1 Å². The molecule has 0 aliphatic carbocycles. The molecular formula is C26H15NO2S4. The zero-order valence-electron chi connectivity index (χ0n) is 17.0. The number of carboxylic acids is 1. The Morgan fingerprint density at radius 2 is 1.36 bits per heavy atom. The molecule has 160 valence electrons. The molecule has 7 heteroatoms. The van der Waals surface area contributed by atoms with E-state index in [9.17, 15) is 4.79 Å². The fraction of sp³-hybridized carbons (Fsp3) is 0. The van der Waals surface area contributed by atoms with E-state index in [1.165, 1.54) is 41.1 Å². The third-order valence-corrected chi connectivity index (χ3v) is 9.43. The average Bonchev–Trinajstić information content (AvgIpc) is 3.54. The van der Waals surface area contributed by atoms with Crippen LogP contribution in [0.5, 0.6) is 0 Å². The zero-order chi connectivity index (χ0) is 22.8. The van der Waals surface area contributed by atoms with Gasteiger partial charge in [-0.15, -0.1) is 0 Å². The van der Waals surface area contributed by atoms with E-state index in [0.29, 0.717) is 0 Å². The smallest absolute Gasteiger partial charge is 0.346 e. The topological polar surface area (TPSA) is 61.1 Å². The summed E-state index contributed by atoms with van der Waals surface area (Å²) in [6.45, 7) is 0. The summed E-state index contributed by atoms with van der Waals surface area (Å²) in [4.78, 5) is 11.1. The Labute approximate surface area is 207 Å². The highest BCUT2D eigenvalue weighted by atomic mass is 32.2. The van der Waals surface area contributed by atoms with Crippen LogP contribution in [0.3, 0.4) is 0 Å². The van der Waals surface area contributed by atoms with Gasteiger partial charge in [0.15, 0.2) is 0 Å². The molecule has 0 unspecified atom stereocenters. The van der Waals surface area contributed by atoms with Crippen molar-refractivity contribution in [1.82, 2.24) is 0 Å². The molecule has 0 bridgehead atoms. The number of benzene rings is 3.